The summed E-state index contributed by atoms with van der Waals surface area (Å²) >= 11 is 0. The number of guanidine groups is 1. The van der Waals surface area contributed by atoms with Gasteiger partial charge in [-0.05, 0) is 31.4 Å². The highest BCUT2D eigenvalue weighted by Gasteiger charge is 2.26. The number of benzene rings is 1. The van der Waals surface area contributed by atoms with E-state index in [0.29, 0.717) is 18.6 Å². The van der Waals surface area contributed by atoms with Gasteiger partial charge in [0.15, 0.2) is 5.96 Å². The van der Waals surface area contributed by atoms with Gasteiger partial charge in [-0.2, -0.15) is 0 Å². The minimum atomic E-state index is 0. The Hall–Kier alpha value is -1.39. The zero-order valence-electron chi connectivity index (χ0n) is 19.3. The van der Waals surface area contributed by atoms with Crippen molar-refractivity contribution in [3.8, 4) is 0 Å². The lowest BCUT2D eigenvalue weighted by molar-refractivity contribution is -0.129. The van der Waals surface area contributed by atoms with Crippen LogP contribution in [-0.2, 0) is 22.6 Å². The summed E-state index contributed by atoms with van der Waals surface area (Å²) in [6, 6.07) is 9.04. The van der Waals surface area contributed by atoms with Crippen LogP contribution in [-0.4, -0.2) is 73.1 Å². The summed E-state index contributed by atoms with van der Waals surface area (Å²) in [5.41, 5.74) is 2.55. The van der Waals surface area contributed by atoms with Gasteiger partial charge in [0.05, 0.1) is 12.2 Å². The van der Waals surface area contributed by atoms with Crippen LogP contribution in [0.4, 0.5) is 0 Å². The molecule has 1 aromatic carbocycles. The molecule has 2 saturated heterocycles. The number of ether oxygens (including phenoxy) is 1. The van der Waals surface area contributed by atoms with E-state index in [-0.39, 0.29) is 35.9 Å². The van der Waals surface area contributed by atoms with Gasteiger partial charge < -0.3 is 20.3 Å². The molecule has 3 rings (SSSR count). The van der Waals surface area contributed by atoms with Crippen LogP contribution in [0.3, 0.4) is 0 Å². The second-order valence-corrected chi connectivity index (χ2v) is 8.52. The van der Waals surface area contributed by atoms with E-state index in [2.05, 4.69) is 58.6 Å². The van der Waals surface area contributed by atoms with Crippen molar-refractivity contribution in [1.82, 2.24) is 20.4 Å². The van der Waals surface area contributed by atoms with Gasteiger partial charge in [-0.15, -0.1) is 24.0 Å². The first-order valence-corrected chi connectivity index (χ1v) is 11.2. The molecule has 3 atom stereocenters. The van der Waals surface area contributed by atoms with Crippen LogP contribution in [0.1, 0.15) is 44.7 Å². The summed E-state index contributed by atoms with van der Waals surface area (Å²) in [6.07, 6.45) is 2.12. The standard InChI is InChI=1S/C23H37N5O2.HI/c1-5-22(29)28-11-10-21(16-28)26-23(24-4)25-12-19-6-8-20(9-7-19)15-27-13-17(2)30-18(3)14-27;/h6-9,17-18,21H,5,10-16H2,1-4H3,(H2,24,25,26);1H. The Morgan fingerprint density at radius 3 is 2.39 bits per heavy atom. The number of nitrogens with zero attached hydrogens (tertiary/aromatic N) is 3. The summed E-state index contributed by atoms with van der Waals surface area (Å²) in [5.74, 6) is 1.01. The lowest BCUT2D eigenvalue weighted by Crippen LogP contribution is -2.44. The molecule has 3 unspecified atom stereocenters. The quantitative estimate of drug-likeness (QED) is 0.328. The Kier molecular flexibility index (Phi) is 10.5. The second-order valence-electron chi connectivity index (χ2n) is 8.52. The van der Waals surface area contributed by atoms with Crippen LogP contribution in [0, 0.1) is 0 Å². The van der Waals surface area contributed by atoms with Crippen molar-refractivity contribution in [2.45, 2.75) is 65.0 Å². The number of morpholine rings is 1. The van der Waals surface area contributed by atoms with Gasteiger partial charge in [-0.3, -0.25) is 14.7 Å². The maximum absolute atomic E-state index is 11.9. The fourth-order valence-electron chi connectivity index (χ4n) is 4.34. The topological polar surface area (TPSA) is 69.2 Å². The number of rotatable bonds is 6. The Labute approximate surface area is 204 Å². The minimum absolute atomic E-state index is 0. The molecule has 8 heteroatoms. The zero-order valence-corrected chi connectivity index (χ0v) is 21.6. The molecule has 2 fully saturated rings. The Morgan fingerprint density at radius 2 is 1.77 bits per heavy atom. The van der Waals surface area contributed by atoms with Gasteiger partial charge in [0.1, 0.15) is 0 Å². The SMILES string of the molecule is CCC(=O)N1CCC(NC(=NC)NCc2ccc(CN3CC(C)OC(C)C3)cc2)C1.I. The number of nitrogens with one attached hydrogen (secondary N) is 2. The summed E-state index contributed by atoms with van der Waals surface area (Å²) in [6.45, 7) is 11.4. The Bertz CT molecular complexity index is 717. The second kappa shape index (κ2) is 12.6. The summed E-state index contributed by atoms with van der Waals surface area (Å²) in [7, 11) is 1.78. The molecular formula is C23H38IN5O2. The van der Waals surface area contributed by atoms with E-state index < -0.39 is 0 Å². The maximum atomic E-state index is 11.9. The molecule has 2 heterocycles. The summed E-state index contributed by atoms with van der Waals surface area (Å²) < 4.78 is 5.82. The van der Waals surface area contributed by atoms with Gasteiger partial charge in [0.2, 0.25) is 5.91 Å². The van der Waals surface area contributed by atoms with Crippen LogP contribution in [0.15, 0.2) is 29.3 Å². The molecule has 1 aromatic rings. The number of amides is 1. The van der Waals surface area contributed by atoms with E-state index in [1.54, 1.807) is 7.05 Å². The molecule has 0 aromatic heterocycles. The molecule has 174 valence electrons. The normalized spacial score (nSPS) is 24.6. The van der Waals surface area contributed by atoms with E-state index >= 15 is 0 Å². The first-order valence-electron chi connectivity index (χ1n) is 11.2. The average molecular weight is 543 g/mol. The molecule has 2 N–H and O–H groups in total. The predicted molar refractivity (Wildman–Crippen MR) is 136 cm³/mol. The number of hydrogen-bond acceptors (Lipinski definition) is 4. The van der Waals surface area contributed by atoms with Gasteiger partial charge in [-0.25, -0.2) is 0 Å². The van der Waals surface area contributed by atoms with Crippen LogP contribution < -0.4 is 10.6 Å². The van der Waals surface area contributed by atoms with Gasteiger partial charge >= 0.3 is 0 Å². The fourth-order valence-corrected chi connectivity index (χ4v) is 4.34. The first-order chi connectivity index (χ1) is 14.5. The van der Waals surface area contributed by atoms with E-state index in [0.717, 1.165) is 51.6 Å². The van der Waals surface area contributed by atoms with Crippen LogP contribution in [0.25, 0.3) is 0 Å². The summed E-state index contributed by atoms with van der Waals surface area (Å²) in [5, 5.41) is 6.84. The van der Waals surface area contributed by atoms with Gasteiger partial charge in [0.25, 0.3) is 0 Å². The monoisotopic (exact) mass is 543 g/mol. The Morgan fingerprint density at radius 1 is 1.13 bits per heavy atom. The molecule has 0 spiro atoms. The van der Waals surface area contributed by atoms with E-state index in [9.17, 15) is 4.79 Å². The maximum Gasteiger partial charge on any atom is 0.222 e. The lowest BCUT2D eigenvalue weighted by atomic mass is 10.1. The molecule has 0 saturated carbocycles. The number of carbonyl (C=O) groups is 1. The van der Waals surface area contributed by atoms with E-state index in [1.165, 1.54) is 11.1 Å². The molecule has 2 aliphatic heterocycles. The molecular weight excluding hydrogens is 505 g/mol. The highest BCUT2D eigenvalue weighted by molar-refractivity contribution is 14.0. The Balaban J connectivity index is 0.00000341. The van der Waals surface area contributed by atoms with E-state index in [1.807, 2.05) is 11.8 Å². The molecule has 2 aliphatic rings. The van der Waals surface area contributed by atoms with E-state index in [4.69, 9.17) is 4.74 Å². The zero-order chi connectivity index (χ0) is 21.5. The van der Waals surface area contributed by atoms with Crippen molar-refractivity contribution >= 4 is 35.8 Å². The first kappa shape index (κ1) is 25.9. The largest absolute Gasteiger partial charge is 0.373 e. The molecule has 7 nitrogen and oxygen atoms in total. The number of likely N-dealkylation sites (tertiary alicyclic amines) is 1. The smallest absolute Gasteiger partial charge is 0.222 e. The molecule has 0 aliphatic carbocycles. The van der Waals surface area contributed by atoms with Crippen molar-refractivity contribution in [3.05, 3.63) is 35.4 Å². The average Bonchev–Trinajstić information content (AvgIpc) is 3.19. The van der Waals surface area contributed by atoms with Gasteiger partial charge in [0, 0.05) is 58.8 Å². The minimum Gasteiger partial charge on any atom is -0.373 e. The third-order valence-electron chi connectivity index (χ3n) is 5.79. The third kappa shape index (κ3) is 7.91. The van der Waals surface area contributed by atoms with Crippen LogP contribution >= 0.6 is 24.0 Å². The highest BCUT2D eigenvalue weighted by Crippen LogP contribution is 2.15. The fraction of sp³-hybridized carbons (Fsp3) is 0.652. The number of aliphatic imine (C=N–C) groups is 1. The number of carbonyl (C=O) groups excluding carboxylic acids is 1. The van der Waals surface area contributed by atoms with Crippen LogP contribution in [0.2, 0.25) is 0 Å². The van der Waals surface area contributed by atoms with Crippen molar-refractivity contribution in [2.24, 2.45) is 4.99 Å². The molecule has 31 heavy (non-hydrogen) atoms. The van der Waals surface area contributed by atoms with Crippen molar-refractivity contribution in [1.29, 1.82) is 0 Å². The lowest BCUT2D eigenvalue weighted by Gasteiger charge is -2.35. The van der Waals surface area contributed by atoms with Gasteiger partial charge in [-0.1, -0.05) is 31.2 Å². The molecule has 0 radical (unpaired) electrons. The molecule has 1 amide bonds. The molecule has 0 bridgehead atoms. The predicted octanol–water partition coefficient (Wildman–Crippen LogP) is 2.59. The number of hydrogen-bond donors (Lipinski definition) is 2. The third-order valence-corrected chi connectivity index (χ3v) is 5.79. The number of halogens is 1. The van der Waals surface area contributed by atoms with Crippen molar-refractivity contribution in [3.63, 3.8) is 0 Å². The summed E-state index contributed by atoms with van der Waals surface area (Å²) in [4.78, 5) is 20.6. The van der Waals surface area contributed by atoms with Crippen molar-refractivity contribution in [2.75, 3.05) is 33.2 Å². The van der Waals surface area contributed by atoms with Crippen molar-refractivity contribution < 1.29 is 9.53 Å². The van der Waals surface area contributed by atoms with Crippen LogP contribution in [0.5, 0.6) is 0 Å². The highest BCUT2D eigenvalue weighted by atomic mass is 127.